The molecule has 0 aliphatic carbocycles. The summed E-state index contributed by atoms with van der Waals surface area (Å²) >= 11 is 13.1. The summed E-state index contributed by atoms with van der Waals surface area (Å²) < 4.78 is 0. The average Bonchev–Trinajstić information content (AvgIpc) is 2.97. The maximum atomic E-state index is 11.8. The fourth-order valence-corrected chi connectivity index (χ4v) is 2.57. The van der Waals surface area contributed by atoms with Crippen LogP contribution in [0.5, 0.6) is 0 Å². The van der Waals surface area contributed by atoms with E-state index in [0.29, 0.717) is 20.6 Å². The summed E-state index contributed by atoms with van der Waals surface area (Å²) in [6, 6.07) is 8.35. The van der Waals surface area contributed by atoms with E-state index >= 15 is 0 Å². The number of carbonyl (C=O) groups is 2. The first-order valence-electron chi connectivity index (χ1n) is 6.13. The Labute approximate surface area is 136 Å². The minimum absolute atomic E-state index is 0.153. The molecule has 4 nitrogen and oxygen atoms in total. The topological polar surface area (TPSA) is 58.2 Å². The number of carbonyl (C=O) groups excluding carboxylic acids is 2. The molecule has 110 valence electrons. The Balaban J connectivity index is 1.80. The van der Waals surface area contributed by atoms with Gasteiger partial charge < -0.3 is 10.6 Å². The van der Waals surface area contributed by atoms with E-state index in [-0.39, 0.29) is 24.8 Å². The quantitative estimate of drug-likeness (QED) is 0.867. The van der Waals surface area contributed by atoms with Gasteiger partial charge in [0.1, 0.15) is 0 Å². The van der Waals surface area contributed by atoms with E-state index in [2.05, 4.69) is 10.6 Å². The van der Waals surface area contributed by atoms with Crippen molar-refractivity contribution in [1.29, 1.82) is 0 Å². The molecule has 1 aromatic heterocycles. The van der Waals surface area contributed by atoms with Gasteiger partial charge in [-0.1, -0.05) is 29.3 Å². The number of benzene rings is 1. The van der Waals surface area contributed by atoms with Crippen molar-refractivity contribution in [2.75, 3.05) is 11.9 Å². The first-order chi connectivity index (χ1) is 10.1. The van der Waals surface area contributed by atoms with E-state index in [0.717, 1.165) is 0 Å². The van der Waals surface area contributed by atoms with Gasteiger partial charge in [0.15, 0.2) is 0 Å². The maximum Gasteiger partial charge on any atom is 0.261 e. The van der Waals surface area contributed by atoms with Crippen molar-refractivity contribution in [2.24, 2.45) is 0 Å². The molecule has 2 N–H and O–H groups in total. The van der Waals surface area contributed by atoms with Crippen LogP contribution in [0.3, 0.4) is 0 Å². The molecule has 2 rings (SSSR count). The minimum Gasteiger partial charge on any atom is -0.351 e. The molecule has 0 saturated carbocycles. The molecule has 0 aliphatic heterocycles. The number of halogens is 2. The van der Waals surface area contributed by atoms with Crippen LogP contribution in [0.2, 0.25) is 10.0 Å². The van der Waals surface area contributed by atoms with Gasteiger partial charge in [-0.15, -0.1) is 11.3 Å². The Morgan fingerprint density at radius 2 is 2.00 bits per heavy atom. The highest BCUT2D eigenvalue weighted by molar-refractivity contribution is 7.12. The Bertz CT molecular complexity index is 644. The van der Waals surface area contributed by atoms with Crippen LogP contribution in [0.15, 0.2) is 35.7 Å². The first kappa shape index (κ1) is 15.8. The molecular formula is C14H12Cl2N2O2S. The lowest BCUT2D eigenvalue weighted by Gasteiger charge is -2.08. The molecule has 0 radical (unpaired) electrons. The van der Waals surface area contributed by atoms with Crippen molar-refractivity contribution in [1.82, 2.24) is 5.32 Å². The van der Waals surface area contributed by atoms with Crippen LogP contribution in [0.1, 0.15) is 16.1 Å². The summed E-state index contributed by atoms with van der Waals surface area (Å²) in [7, 11) is 0. The maximum absolute atomic E-state index is 11.8. The molecule has 1 aromatic carbocycles. The lowest BCUT2D eigenvalue weighted by atomic mass is 10.3. The van der Waals surface area contributed by atoms with Crippen molar-refractivity contribution < 1.29 is 9.59 Å². The van der Waals surface area contributed by atoms with Crippen LogP contribution in [-0.2, 0) is 4.79 Å². The van der Waals surface area contributed by atoms with E-state index in [9.17, 15) is 9.59 Å². The summed E-state index contributed by atoms with van der Waals surface area (Å²) in [5, 5.41) is 8.06. The normalized spacial score (nSPS) is 10.2. The minimum atomic E-state index is -0.245. The van der Waals surface area contributed by atoms with E-state index in [4.69, 9.17) is 23.2 Å². The summed E-state index contributed by atoms with van der Waals surface area (Å²) in [5.74, 6) is -0.427. The molecule has 0 spiro atoms. The van der Waals surface area contributed by atoms with E-state index in [1.54, 1.807) is 30.3 Å². The molecule has 0 fully saturated rings. The van der Waals surface area contributed by atoms with Crippen LogP contribution < -0.4 is 10.6 Å². The zero-order chi connectivity index (χ0) is 15.2. The Hall–Kier alpha value is -1.56. The summed E-state index contributed by atoms with van der Waals surface area (Å²) in [4.78, 5) is 24.1. The van der Waals surface area contributed by atoms with Crippen molar-refractivity contribution >= 4 is 52.0 Å². The number of hydrogen-bond acceptors (Lipinski definition) is 3. The van der Waals surface area contributed by atoms with Crippen LogP contribution in [0, 0.1) is 0 Å². The Morgan fingerprint density at radius 3 is 2.71 bits per heavy atom. The third-order valence-corrected chi connectivity index (χ3v) is 4.02. The van der Waals surface area contributed by atoms with Crippen molar-refractivity contribution in [3.8, 4) is 0 Å². The lowest BCUT2D eigenvalue weighted by Crippen LogP contribution is -2.27. The van der Waals surface area contributed by atoms with Crippen LogP contribution in [0.4, 0.5) is 5.69 Å². The van der Waals surface area contributed by atoms with Gasteiger partial charge in [0.25, 0.3) is 5.91 Å². The molecule has 0 aliphatic rings. The second-order valence-electron chi connectivity index (χ2n) is 4.16. The molecular weight excluding hydrogens is 331 g/mol. The van der Waals surface area contributed by atoms with Crippen molar-refractivity contribution in [3.05, 3.63) is 50.6 Å². The van der Waals surface area contributed by atoms with Gasteiger partial charge in [0.05, 0.1) is 15.6 Å². The van der Waals surface area contributed by atoms with Crippen LogP contribution in [-0.4, -0.2) is 18.4 Å². The number of thiophene rings is 1. The molecule has 1 heterocycles. The predicted molar refractivity (Wildman–Crippen MR) is 86.4 cm³/mol. The highest BCUT2D eigenvalue weighted by Crippen LogP contribution is 2.25. The van der Waals surface area contributed by atoms with Crippen LogP contribution >= 0.6 is 34.5 Å². The zero-order valence-corrected chi connectivity index (χ0v) is 13.2. The summed E-state index contributed by atoms with van der Waals surface area (Å²) in [6.07, 6.45) is 0.153. The molecule has 0 bridgehead atoms. The molecule has 0 atom stereocenters. The first-order valence-corrected chi connectivity index (χ1v) is 7.76. The number of hydrogen-bond donors (Lipinski definition) is 2. The Morgan fingerprint density at radius 1 is 1.19 bits per heavy atom. The SMILES string of the molecule is O=C(CCNC(=O)c1cccs1)Nc1cc(Cl)ccc1Cl. The molecule has 0 saturated heterocycles. The van der Waals surface area contributed by atoms with Gasteiger partial charge in [0.2, 0.25) is 5.91 Å². The fourth-order valence-electron chi connectivity index (χ4n) is 1.59. The molecule has 2 aromatic rings. The van der Waals surface area contributed by atoms with E-state index < -0.39 is 0 Å². The van der Waals surface area contributed by atoms with Gasteiger partial charge in [-0.3, -0.25) is 9.59 Å². The molecule has 2 amide bonds. The highest BCUT2D eigenvalue weighted by Gasteiger charge is 2.09. The number of amides is 2. The zero-order valence-electron chi connectivity index (χ0n) is 10.9. The van der Waals surface area contributed by atoms with Crippen LogP contribution in [0.25, 0.3) is 0 Å². The fraction of sp³-hybridized carbons (Fsp3) is 0.143. The monoisotopic (exact) mass is 342 g/mol. The van der Waals surface area contributed by atoms with Gasteiger partial charge >= 0.3 is 0 Å². The highest BCUT2D eigenvalue weighted by atomic mass is 35.5. The van der Waals surface area contributed by atoms with Gasteiger partial charge in [0, 0.05) is 18.0 Å². The van der Waals surface area contributed by atoms with E-state index in [1.807, 2.05) is 5.38 Å². The Kier molecular flexibility index (Phi) is 5.61. The summed E-state index contributed by atoms with van der Waals surface area (Å²) in [5.41, 5.74) is 0.457. The molecule has 0 unspecified atom stereocenters. The number of anilines is 1. The lowest BCUT2D eigenvalue weighted by molar-refractivity contribution is -0.116. The largest absolute Gasteiger partial charge is 0.351 e. The average molecular weight is 343 g/mol. The van der Waals surface area contributed by atoms with Crippen molar-refractivity contribution in [2.45, 2.75) is 6.42 Å². The van der Waals surface area contributed by atoms with Gasteiger partial charge in [-0.2, -0.15) is 0 Å². The third kappa shape index (κ3) is 4.74. The predicted octanol–water partition coefficient (Wildman–Crippen LogP) is 3.81. The smallest absolute Gasteiger partial charge is 0.261 e. The summed E-state index contributed by atoms with van der Waals surface area (Å²) in [6.45, 7) is 0.251. The third-order valence-electron chi connectivity index (χ3n) is 2.59. The molecule has 21 heavy (non-hydrogen) atoms. The van der Waals surface area contributed by atoms with E-state index in [1.165, 1.54) is 11.3 Å². The second-order valence-corrected chi connectivity index (χ2v) is 5.95. The standard InChI is InChI=1S/C14H12Cl2N2O2S/c15-9-3-4-10(16)11(8-9)18-13(19)5-6-17-14(20)12-2-1-7-21-12/h1-4,7-8H,5-6H2,(H,17,20)(H,18,19). The number of nitrogens with one attached hydrogen (secondary N) is 2. The molecule has 7 heteroatoms. The van der Waals surface area contributed by atoms with Gasteiger partial charge in [-0.25, -0.2) is 0 Å². The number of rotatable bonds is 5. The second kappa shape index (κ2) is 7.45. The van der Waals surface area contributed by atoms with Crippen molar-refractivity contribution in [3.63, 3.8) is 0 Å². The van der Waals surface area contributed by atoms with Gasteiger partial charge in [-0.05, 0) is 29.6 Å².